The van der Waals surface area contributed by atoms with Gasteiger partial charge in [-0.15, -0.1) is 0 Å². The molecule has 120 valence electrons. The van der Waals surface area contributed by atoms with Crippen LogP contribution in [-0.4, -0.2) is 37.7 Å². The standard InChI is InChI=1S/C17H29BrN2O/c1-5-16(19)17(14-6-8-15(18)9-7-14)20(10-11-21-4)12-13(2)3/h6-9,13,16-17H,5,10-12,19H2,1-4H3. The summed E-state index contributed by atoms with van der Waals surface area (Å²) < 4.78 is 6.38. The zero-order valence-corrected chi connectivity index (χ0v) is 15.3. The summed E-state index contributed by atoms with van der Waals surface area (Å²) in [5.41, 5.74) is 7.72. The van der Waals surface area contributed by atoms with Gasteiger partial charge in [-0.25, -0.2) is 0 Å². The zero-order chi connectivity index (χ0) is 15.8. The molecule has 2 N–H and O–H groups in total. The molecule has 0 heterocycles. The van der Waals surface area contributed by atoms with E-state index in [1.807, 2.05) is 0 Å². The molecule has 0 aliphatic heterocycles. The summed E-state index contributed by atoms with van der Waals surface area (Å²) in [7, 11) is 1.75. The van der Waals surface area contributed by atoms with Crippen LogP contribution in [0.3, 0.4) is 0 Å². The molecule has 2 unspecified atom stereocenters. The summed E-state index contributed by atoms with van der Waals surface area (Å²) in [6, 6.07) is 8.89. The minimum absolute atomic E-state index is 0.127. The van der Waals surface area contributed by atoms with E-state index in [4.69, 9.17) is 10.5 Å². The fraction of sp³-hybridized carbons (Fsp3) is 0.647. The third kappa shape index (κ3) is 6.07. The minimum atomic E-state index is 0.127. The normalized spacial score (nSPS) is 14.7. The van der Waals surface area contributed by atoms with Gasteiger partial charge in [0.15, 0.2) is 0 Å². The second kappa shape index (κ2) is 9.57. The van der Waals surface area contributed by atoms with Gasteiger partial charge in [0.25, 0.3) is 0 Å². The van der Waals surface area contributed by atoms with E-state index in [-0.39, 0.29) is 12.1 Å². The summed E-state index contributed by atoms with van der Waals surface area (Å²) in [4.78, 5) is 2.46. The lowest BCUT2D eigenvalue weighted by Crippen LogP contribution is -2.43. The van der Waals surface area contributed by atoms with E-state index in [9.17, 15) is 0 Å². The van der Waals surface area contributed by atoms with Crippen molar-refractivity contribution in [1.82, 2.24) is 4.90 Å². The number of benzene rings is 1. The fourth-order valence-electron chi connectivity index (χ4n) is 2.63. The highest BCUT2D eigenvalue weighted by Crippen LogP contribution is 2.27. The third-order valence-corrected chi connectivity index (χ3v) is 4.19. The minimum Gasteiger partial charge on any atom is -0.383 e. The largest absolute Gasteiger partial charge is 0.383 e. The molecule has 3 nitrogen and oxygen atoms in total. The number of hydrogen-bond donors (Lipinski definition) is 1. The molecule has 0 saturated carbocycles. The molecule has 1 aromatic carbocycles. The molecule has 0 aliphatic carbocycles. The van der Waals surface area contributed by atoms with Crippen LogP contribution in [0.5, 0.6) is 0 Å². The Labute approximate surface area is 138 Å². The Morgan fingerprint density at radius 3 is 2.33 bits per heavy atom. The highest BCUT2D eigenvalue weighted by molar-refractivity contribution is 9.10. The van der Waals surface area contributed by atoms with E-state index >= 15 is 0 Å². The molecule has 1 rings (SSSR count). The van der Waals surface area contributed by atoms with Crippen molar-refractivity contribution in [2.75, 3.05) is 26.8 Å². The Bertz CT molecular complexity index is 394. The number of rotatable bonds is 9. The Balaban J connectivity index is 3.03. The van der Waals surface area contributed by atoms with E-state index < -0.39 is 0 Å². The summed E-state index contributed by atoms with van der Waals surface area (Å²) in [5.74, 6) is 0.601. The predicted octanol–water partition coefficient (Wildman–Crippen LogP) is 3.83. The van der Waals surface area contributed by atoms with Crippen LogP contribution in [0.2, 0.25) is 0 Å². The molecule has 4 heteroatoms. The van der Waals surface area contributed by atoms with Gasteiger partial charge < -0.3 is 10.5 Å². The molecule has 2 atom stereocenters. The van der Waals surface area contributed by atoms with Gasteiger partial charge in [0.1, 0.15) is 0 Å². The molecule has 0 bridgehead atoms. The van der Waals surface area contributed by atoms with Crippen LogP contribution in [0.1, 0.15) is 38.8 Å². The maximum absolute atomic E-state index is 6.44. The van der Waals surface area contributed by atoms with Gasteiger partial charge in [0, 0.05) is 36.8 Å². The molecule has 0 fully saturated rings. The number of nitrogens with two attached hydrogens (primary N) is 1. The van der Waals surface area contributed by atoms with Crippen LogP contribution in [0, 0.1) is 5.92 Å². The quantitative estimate of drug-likeness (QED) is 0.730. The van der Waals surface area contributed by atoms with Crippen molar-refractivity contribution in [2.45, 2.75) is 39.3 Å². The van der Waals surface area contributed by atoms with Gasteiger partial charge in [-0.1, -0.05) is 48.8 Å². The molecule has 21 heavy (non-hydrogen) atoms. The summed E-state index contributed by atoms with van der Waals surface area (Å²) >= 11 is 3.50. The Hall–Kier alpha value is -0.420. The Morgan fingerprint density at radius 1 is 1.24 bits per heavy atom. The van der Waals surface area contributed by atoms with Crippen molar-refractivity contribution >= 4 is 15.9 Å². The smallest absolute Gasteiger partial charge is 0.0589 e. The second-order valence-corrected chi connectivity index (χ2v) is 6.87. The van der Waals surface area contributed by atoms with Crippen molar-refractivity contribution in [3.8, 4) is 0 Å². The highest BCUT2D eigenvalue weighted by atomic mass is 79.9. The lowest BCUT2D eigenvalue weighted by molar-refractivity contribution is 0.0975. The van der Waals surface area contributed by atoms with Gasteiger partial charge in [-0.2, -0.15) is 0 Å². The molecule has 0 spiro atoms. The first kappa shape index (κ1) is 18.6. The monoisotopic (exact) mass is 356 g/mol. The number of hydrogen-bond acceptors (Lipinski definition) is 3. The first-order valence-electron chi connectivity index (χ1n) is 7.73. The number of halogens is 1. The fourth-order valence-corrected chi connectivity index (χ4v) is 2.90. The van der Waals surface area contributed by atoms with Crippen LogP contribution in [0.4, 0.5) is 0 Å². The van der Waals surface area contributed by atoms with E-state index in [1.165, 1.54) is 5.56 Å². The first-order valence-corrected chi connectivity index (χ1v) is 8.52. The van der Waals surface area contributed by atoms with Gasteiger partial charge in [0.2, 0.25) is 0 Å². The SMILES string of the molecule is CCC(N)C(c1ccc(Br)cc1)N(CCOC)CC(C)C. The maximum atomic E-state index is 6.44. The Morgan fingerprint density at radius 2 is 1.86 bits per heavy atom. The van der Waals surface area contributed by atoms with Gasteiger partial charge >= 0.3 is 0 Å². The van der Waals surface area contributed by atoms with Crippen LogP contribution in [0.25, 0.3) is 0 Å². The molecule has 0 aliphatic rings. The molecule has 0 aromatic heterocycles. The average molecular weight is 357 g/mol. The summed E-state index contributed by atoms with van der Waals surface area (Å²) in [6.45, 7) is 9.31. The van der Waals surface area contributed by atoms with Crippen molar-refractivity contribution in [3.63, 3.8) is 0 Å². The van der Waals surface area contributed by atoms with Gasteiger partial charge in [-0.05, 0) is 30.0 Å². The van der Waals surface area contributed by atoms with Crippen LogP contribution in [0.15, 0.2) is 28.7 Å². The summed E-state index contributed by atoms with van der Waals surface area (Å²) in [6.07, 6.45) is 0.961. The highest BCUT2D eigenvalue weighted by Gasteiger charge is 2.26. The zero-order valence-electron chi connectivity index (χ0n) is 13.7. The molecule has 1 aromatic rings. The second-order valence-electron chi connectivity index (χ2n) is 5.95. The van der Waals surface area contributed by atoms with Crippen LogP contribution >= 0.6 is 15.9 Å². The van der Waals surface area contributed by atoms with E-state index in [0.29, 0.717) is 5.92 Å². The van der Waals surface area contributed by atoms with Gasteiger partial charge in [-0.3, -0.25) is 4.90 Å². The van der Waals surface area contributed by atoms with Crippen LogP contribution in [-0.2, 0) is 4.74 Å². The third-order valence-electron chi connectivity index (χ3n) is 3.66. The van der Waals surface area contributed by atoms with Gasteiger partial charge in [0.05, 0.1) is 6.61 Å². The van der Waals surface area contributed by atoms with E-state index in [2.05, 4.69) is 65.9 Å². The van der Waals surface area contributed by atoms with E-state index in [0.717, 1.165) is 30.6 Å². The lowest BCUT2D eigenvalue weighted by atomic mass is 9.95. The average Bonchev–Trinajstić information content (AvgIpc) is 2.46. The maximum Gasteiger partial charge on any atom is 0.0589 e. The Kier molecular flexibility index (Phi) is 8.49. The van der Waals surface area contributed by atoms with Crippen molar-refractivity contribution in [1.29, 1.82) is 0 Å². The first-order chi connectivity index (χ1) is 9.99. The molecule has 0 saturated heterocycles. The molecule has 0 radical (unpaired) electrons. The predicted molar refractivity (Wildman–Crippen MR) is 93.4 cm³/mol. The topological polar surface area (TPSA) is 38.5 Å². The number of nitrogens with zero attached hydrogens (tertiary/aromatic N) is 1. The lowest BCUT2D eigenvalue weighted by Gasteiger charge is -2.36. The van der Waals surface area contributed by atoms with Crippen LogP contribution < -0.4 is 5.73 Å². The molecule has 0 amide bonds. The molecular weight excluding hydrogens is 328 g/mol. The van der Waals surface area contributed by atoms with Crippen molar-refractivity contribution in [2.24, 2.45) is 11.7 Å². The number of methoxy groups -OCH3 is 1. The van der Waals surface area contributed by atoms with Crippen molar-refractivity contribution in [3.05, 3.63) is 34.3 Å². The number of ether oxygens (including phenoxy) is 1. The summed E-state index contributed by atoms with van der Waals surface area (Å²) in [5, 5.41) is 0. The van der Waals surface area contributed by atoms with E-state index in [1.54, 1.807) is 7.11 Å². The molecular formula is C17H29BrN2O. The van der Waals surface area contributed by atoms with Crippen molar-refractivity contribution < 1.29 is 4.74 Å².